The van der Waals surface area contributed by atoms with Crippen LogP contribution in [0.3, 0.4) is 0 Å². The van der Waals surface area contributed by atoms with Gasteiger partial charge in [-0.2, -0.15) is 0 Å². The van der Waals surface area contributed by atoms with Crippen LogP contribution in [0.5, 0.6) is 17.2 Å². The molecule has 2 aliphatic carbocycles. The van der Waals surface area contributed by atoms with Gasteiger partial charge in [-0.1, -0.05) is 19.9 Å². The summed E-state index contributed by atoms with van der Waals surface area (Å²) in [4.78, 5) is 12.8. The highest BCUT2D eigenvalue weighted by molar-refractivity contribution is 6.06. The number of benzene rings is 1. The van der Waals surface area contributed by atoms with E-state index in [4.69, 9.17) is 23.7 Å². The molecule has 6 nitrogen and oxygen atoms in total. The summed E-state index contributed by atoms with van der Waals surface area (Å²) in [6.07, 6.45) is 3.60. The average Bonchev–Trinajstić information content (AvgIpc) is 3.23. The molecule has 5 aliphatic rings. The Morgan fingerprint density at radius 3 is 2.69 bits per heavy atom. The van der Waals surface area contributed by atoms with Crippen molar-refractivity contribution in [3.8, 4) is 17.2 Å². The van der Waals surface area contributed by atoms with Crippen LogP contribution in [0.4, 0.5) is 0 Å². The van der Waals surface area contributed by atoms with Crippen molar-refractivity contribution >= 4 is 5.78 Å². The Hall–Kier alpha value is -2.47. The molecule has 134 valence electrons. The molecule has 1 saturated heterocycles. The summed E-state index contributed by atoms with van der Waals surface area (Å²) in [6.45, 7) is 4.66. The van der Waals surface area contributed by atoms with Crippen molar-refractivity contribution in [3.05, 3.63) is 41.2 Å². The monoisotopic (exact) mass is 354 g/mol. The first-order valence-corrected chi connectivity index (χ1v) is 8.96. The van der Waals surface area contributed by atoms with Gasteiger partial charge in [0.1, 0.15) is 5.75 Å². The molecular formula is C20H18O6. The molecule has 1 aromatic rings. The normalized spacial score (nSPS) is 38.3. The number of hydrogen-bond donors (Lipinski definition) is 0. The van der Waals surface area contributed by atoms with Gasteiger partial charge in [-0.15, -0.1) is 0 Å². The van der Waals surface area contributed by atoms with E-state index in [0.29, 0.717) is 23.2 Å². The standard InChI is InChI=1S/C20H18O6/c1-9-3-11-13(21)5-17-20(25-8-24-17)19(11)18(10(9)2)12-4-15-16(23-7-22-15)6-14(12)26-20/h3-6,9-10,18-19H,7-8H2,1-2H3. The molecule has 1 aromatic carbocycles. The Bertz CT molecular complexity index is 915. The van der Waals surface area contributed by atoms with Gasteiger partial charge in [0.15, 0.2) is 29.8 Å². The predicted octanol–water partition coefficient (Wildman–Crippen LogP) is 2.89. The Balaban J connectivity index is 1.64. The van der Waals surface area contributed by atoms with Gasteiger partial charge in [0.2, 0.25) is 6.79 Å². The molecule has 0 amide bonds. The van der Waals surface area contributed by atoms with Crippen molar-refractivity contribution in [2.45, 2.75) is 25.6 Å². The lowest BCUT2D eigenvalue weighted by atomic mass is 9.59. The lowest BCUT2D eigenvalue weighted by Gasteiger charge is -2.51. The van der Waals surface area contributed by atoms with Crippen LogP contribution in [0, 0.1) is 17.8 Å². The van der Waals surface area contributed by atoms with E-state index in [0.717, 1.165) is 16.9 Å². The first-order valence-electron chi connectivity index (χ1n) is 8.96. The topological polar surface area (TPSA) is 63.2 Å². The molecule has 1 fully saturated rings. The first kappa shape index (κ1) is 14.7. The van der Waals surface area contributed by atoms with Crippen LogP contribution < -0.4 is 14.2 Å². The van der Waals surface area contributed by atoms with Crippen molar-refractivity contribution in [2.75, 3.05) is 13.6 Å². The molecule has 3 aliphatic heterocycles. The molecule has 5 unspecified atom stereocenters. The van der Waals surface area contributed by atoms with Crippen molar-refractivity contribution in [2.24, 2.45) is 17.8 Å². The Kier molecular flexibility index (Phi) is 2.61. The van der Waals surface area contributed by atoms with Crippen molar-refractivity contribution in [3.63, 3.8) is 0 Å². The van der Waals surface area contributed by atoms with Crippen LogP contribution in [0.25, 0.3) is 0 Å². The molecule has 0 aromatic heterocycles. The third-order valence-corrected chi connectivity index (χ3v) is 6.45. The maximum Gasteiger partial charge on any atom is 0.279 e. The summed E-state index contributed by atoms with van der Waals surface area (Å²) < 4.78 is 29.1. The van der Waals surface area contributed by atoms with Crippen LogP contribution in [-0.4, -0.2) is 25.2 Å². The first-order chi connectivity index (χ1) is 12.6. The lowest BCUT2D eigenvalue weighted by Crippen LogP contribution is -2.56. The molecule has 26 heavy (non-hydrogen) atoms. The fourth-order valence-corrected chi connectivity index (χ4v) is 5.04. The van der Waals surface area contributed by atoms with Crippen LogP contribution in [0.2, 0.25) is 0 Å². The highest BCUT2D eigenvalue weighted by Crippen LogP contribution is 2.61. The van der Waals surface area contributed by atoms with Gasteiger partial charge >= 0.3 is 0 Å². The number of rotatable bonds is 0. The van der Waals surface area contributed by atoms with E-state index >= 15 is 0 Å². The summed E-state index contributed by atoms with van der Waals surface area (Å²) in [6, 6.07) is 3.87. The minimum atomic E-state index is -1.07. The third kappa shape index (κ3) is 1.59. The molecule has 0 N–H and O–H groups in total. The number of ether oxygens (including phenoxy) is 5. The SMILES string of the molecule is CC1C=C2C(=O)C=C3OCOC34Oc3cc5c(cc3C(C1C)C24)OCO5. The fourth-order valence-electron chi connectivity index (χ4n) is 5.04. The number of allylic oxidation sites excluding steroid dienone is 2. The van der Waals surface area contributed by atoms with Crippen LogP contribution in [0.15, 0.2) is 35.6 Å². The summed E-state index contributed by atoms with van der Waals surface area (Å²) in [7, 11) is 0. The second kappa shape index (κ2) is 4.62. The second-order valence-electron chi connectivity index (χ2n) is 7.64. The summed E-state index contributed by atoms with van der Waals surface area (Å²) in [5, 5.41) is 0. The zero-order valence-corrected chi connectivity index (χ0v) is 14.5. The highest BCUT2D eigenvalue weighted by atomic mass is 16.8. The van der Waals surface area contributed by atoms with E-state index < -0.39 is 5.79 Å². The number of fused-ring (bicyclic) bond motifs is 3. The van der Waals surface area contributed by atoms with Gasteiger partial charge in [0.05, 0.1) is 5.92 Å². The summed E-state index contributed by atoms with van der Waals surface area (Å²) in [5.74, 6) is 1.90. The van der Waals surface area contributed by atoms with E-state index in [1.165, 1.54) is 6.08 Å². The van der Waals surface area contributed by atoms with E-state index in [1.807, 2.05) is 12.1 Å². The lowest BCUT2D eigenvalue weighted by molar-refractivity contribution is -0.182. The quantitative estimate of drug-likeness (QED) is 0.714. The molecule has 1 spiro atoms. The van der Waals surface area contributed by atoms with Crippen LogP contribution in [0.1, 0.15) is 25.3 Å². The number of hydrogen-bond acceptors (Lipinski definition) is 6. The number of carbonyl (C=O) groups is 1. The Labute approximate surface area is 150 Å². The third-order valence-electron chi connectivity index (χ3n) is 6.45. The van der Waals surface area contributed by atoms with E-state index in [-0.39, 0.29) is 37.1 Å². The summed E-state index contributed by atoms with van der Waals surface area (Å²) >= 11 is 0. The van der Waals surface area contributed by atoms with Crippen molar-refractivity contribution < 1.29 is 28.5 Å². The van der Waals surface area contributed by atoms with Gasteiger partial charge in [-0.3, -0.25) is 9.53 Å². The average molecular weight is 354 g/mol. The molecule has 6 heteroatoms. The second-order valence-corrected chi connectivity index (χ2v) is 7.64. The minimum Gasteiger partial charge on any atom is -0.465 e. The zero-order chi connectivity index (χ0) is 17.6. The molecule has 0 saturated carbocycles. The number of ketones is 1. The van der Waals surface area contributed by atoms with Gasteiger partial charge in [0.25, 0.3) is 5.79 Å². The zero-order valence-electron chi connectivity index (χ0n) is 14.5. The fraction of sp³-hybridized carbons (Fsp3) is 0.450. The molecule has 3 heterocycles. The van der Waals surface area contributed by atoms with Crippen molar-refractivity contribution in [1.29, 1.82) is 0 Å². The predicted molar refractivity (Wildman–Crippen MR) is 88.7 cm³/mol. The van der Waals surface area contributed by atoms with Crippen molar-refractivity contribution in [1.82, 2.24) is 0 Å². The maximum atomic E-state index is 12.8. The van der Waals surface area contributed by atoms with Gasteiger partial charge in [0, 0.05) is 29.2 Å². The Morgan fingerprint density at radius 2 is 1.85 bits per heavy atom. The molecular weight excluding hydrogens is 336 g/mol. The number of carbonyl (C=O) groups excluding carboxylic acids is 1. The van der Waals surface area contributed by atoms with Gasteiger partial charge in [-0.05, 0) is 17.9 Å². The minimum absolute atomic E-state index is 0.0114. The van der Waals surface area contributed by atoms with E-state index in [1.54, 1.807) is 0 Å². The summed E-state index contributed by atoms with van der Waals surface area (Å²) in [5.41, 5.74) is 1.80. The molecule has 5 atom stereocenters. The van der Waals surface area contributed by atoms with E-state index in [9.17, 15) is 4.79 Å². The highest BCUT2D eigenvalue weighted by Gasteiger charge is 2.64. The van der Waals surface area contributed by atoms with Gasteiger partial charge < -0.3 is 18.9 Å². The van der Waals surface area contributed by atoms with E-state index in [2.05, 4.69) is 19.9 Å². The maximum absolute atomic E-state index is 12.8. The molecule has 6 rings (SSSR count). The van der Waals surface area contributed by atoms with Crippen LogP contribution >= 0.6 is 0 Å². The molecule has 0 bridgehead atoms. The molecule has 0 radical (unpaired) electrons. The smallest absolute Gasteiger partial charge is 0.279 e. The largest absolute Gasteiger partial charge is 0.465 e. The van der Waals surface area contributed by atoms with Crippen LogP contribution in [-0.2, 0) is 14.3 Å². The Morgan fingerprint density at radius 1 is 1.04 bits per heavy atom. The van der Waals surface area contributed by atoms with Gasteiger partial charge in [-0.25, -0.2) is 0 Å².